The second kappa shape index (κ2) is 8.13. The average molecular weight is 440 g/mol. The predicted molar refractivity (Wildman–Crippen MR) is 122 cm³/mol. The first kappa shape index (κ1) is 20.4. The van der Waals surface area contributed by atoms with Crippen molar-refractivity contribution >= 4 is 46.2 Å². The van der Waals surface area contributed by atoms with E-state index in [-0.39, 0.29) is 11.7 Å². The lowest BCUT2D eigenvalue weighted by Gasteiger charge is -2.09. The number of nitrogens with zero attached hydrogens (tertiary/aromatic N) is 2. The largest absolute Gasteiger partial charge is 0.318 e. The van der Waals surface area contributed by atoms with Gasteiger partial charge in [-0.2, -0.15) is 0 Å². The van der Waals surface area contributed by atoms with Gasteiger partial charge in [0, 0.05) is 22.1 Å². The minimum Gasteiger partial charge on any atom is -0.318 e. The van der Waals surface area contributed by atoms with Crippen LogP contribution in [-0.2, 0) is 4.79 Å². The fraction of sp³-hybridized carbons (Fsp3) is 0.130. The molecule has 0 radical (unpaired) electrons. The fourth-order valence-corrected chi connectivity index (χ4v) is 4.45. The van der Waals surface area contributed by atoms with Gasteiger partial charge in [0.25, 0.3) is 5.91 Å². The van der Waals surface area contributed by atoms with Gasteiger partial charge in [0.2, 0.25) is 0 Å². The van der Waals surface area contributed by atoms with Crippen molar-refractivity contribution in [3.05, 3.63) is 86.8 Å². The van der Waals surface area contributed by atoms with E-state index in [0.717, 1.165) is 33.9 Å². The quantitative estimate of drug-likeness (QED) is 0.502. The van der Waals surface area contributed by atoms with E-state index in [1.54, 1.807) is 18.2 Å². The van der Waals surface area contributed by atoms with Gasteiger partial charge in [-0.1, -0.05) is 11.6 Å². The van der Waals surface area contributed by atoms with Gasteiger partial charge < -0.3 is 9.88 Å². The van der Waals surface area contributed by atoms with E-state index in [4.69, 9.17) is 11.6 Å². The summed E-state index contributed by atoms with van der Waals surface area (Å²) in [5.41, 5.74) is 5.47. The Balaban J connectivity index is 1.64. The molecule has 0 unspecified atom stereocenters. The van der Waals surface area contributed by atoms with Gasteiger partial charge >= 0.3 is 0 Å². The number of carbonyl (C=O) groups is 1. The molecule has 1 aromatic heterocycles. The number of hydrogen-bond acceptors (Lipinski definition) is 3. The number of halogens is 2. The summed E-state index contributed by atoms with van der Waals surface area (Å²) in [5, 5.41) is 4.00. The molecule has 1 saturated heterocycles. The molecule has 2 aromatic carbocycles. The van der Waals surface area contributed by atoms with E-state index >= 15 is 0 Å². The van der Waals surface area contributed by atoms with Crippen LogP contribution >= 0.6 is 23.4 Å². The Morgan fingerprint density at radius 2 is 1.83 bits per heavy atom. The molecule has 0 saturated carbocycles. The number of nitrogens with one attached hydrogen (secondary N) is 1. The summed E-state index contributed by atoms with van der Waals surface area (Å²) in [4.78, 5) is 17.6. The summed E-state index contributed by atoms with van der Waals surface area (Å²) in [5.74, 6) is -0.456. The van der Waals surface area contributed by atoms with Gasteiger partial charge in [0.15, 0.2) is 5.17 Å². The van der Waals surface area contributed by atoms with Gasteiger partial charge in [-0.05, 0) is 98.3 Å². The number of aromatic nitrogens is 1. The molecule has 0 atom stereocenters. The summed E-state index contributed by atoms with van der Waals surface area (Å²) in [6.07, 6.45) is 1.86. The zero-order valence-corrected chi connectivity index (χ0v) is 18.2. The summed E-state index contributed by atoms with van der Waals surface area (Å²) in [6, 6.07) is 13.8. The van der Waals surface area contributed by atoms with E-state index in [9.17, 15) is 9.18 Å². The molecular weight excluding hydrogens is 421 g/mol. The molecule has 7 heteroatoms. The molecule has 0 aliphatic carbocycles. The maximum atomic E-state index is 13.3. The van der Waals surface area contributed by atoms with Gasteiger partial charge in [-0.3, -0.25) is 4.79 Å². The van der Waals surface area contributed by atoms with Crippen molar-refractivity contribution in [3.8, 4) is 5.69 Å². The number of thioether (sulfide) groups is 1. The molecule has 4 rings (SSSR count). The molecule has 152 valence electrons. The smallest absolute Gasteiger partial charge is 0.264 e. The van der Waals surface area contributed by atoms with E-state index in [1.807, 2.05) is 49.6 Å². The SMILES string of the molecule is Cc1cc(Cl)ccc1N=C1NC(=O)/C(=C/c2cc(C)n(-c3ccc(F)cc3)c2C)S1. The lowest BCUT2D eigenvalue weighted by molar-refractivity contribution is -0.115. The molecule has 0 spiro atoms. The van der Waals surface area contributed by atoms with Crippen molar-refractivity contribution in [1.29, 1.82) is 0 Å². The second-order valence-electron chi connectivity index (χ2n) is 7.05. The third-order valence-corrected chi connectivity index (χ3v) is 6.02. The standard InChI is InChI=1S/C23H19ClFN3OS/c1-13-10-17(24)4-9-20(13)26-23-27-22(29)21(30-23)12-16-11-14(2)28(15(16)3)19-7-5-18(25)6-8-19/h4-12H,1-3H3,(H,26,27,29)/b21-12-. The first-order chi connectivity index (χ1) is 14.3. The highest BCUT2D eigenvalue weighted by molar-refractivity contribution is 8.18. The van der Waals surface area contributed by atoms with Crippen LogP contribution in [-0.4, -0.2) is 15.6 Å². The van der Waals surface area contributed by atoms with Crippen LogP contribution in [0.2, 0.25) is 5.02 Å². The molecule has 3 aromatic rings. The lowest BCUT2D eigenvalue weighted by Crippen LogP contribution is -2.19. The van der Waals surface area contributed by atoms with E-state index in [0.29, 0.717) is 15.1 Å². The van der Waals surface area contributed by atoms with Crippen LogP contribution in [0.25, 0.3) is 11.8 Å². The van der Waals surface area contributed by atoms with Crippen LogP contribution in [0.4, 0.5) is 10.1 Å². The van der Waals surface area contributed by atoms with Crippen LogP contribution in [0.3, 0.4) is 0 Å². The van der Waals surface area contributed by atoms with Gasteiger partial charge in [0.05, 0.1) is 10.6 Å². The molecule has 1 amide bonds. The summed E-state index contributed by atoms with van der Waals surface area (Å²) in [6.45, 7) is 5.89. The highest BCUT2D eigenvalue weighted by Crippen LogP contribution is 2.31. The number of hydrogen-bond donors (Lipinski definition) is 1. The van der Waals surface area contributed by atoms with Gasteiger partial charge in [0.1, 0.15) is 5.82 Å². The maximum absolute atomic E-state index is 13.3. The van der Waals surface area contributed by atoms with Crippen molar-refractivity contribution in [2.75, 3.05) is 0 Å². The molecule has 4 nitrogen and oxygen atoms in total. The minimum atomic E-state index is -0.273. The predicted octanol–water partition coefficient (Wildman–Crippen LogP) is 6.09. The van der Waals surface area contributed by atoms with Crippen molar-refractivity contribution in [3.63, 3.8) is 0 Å². The summed E-state index contributed by atoms with van der Waals surface area (Å²) in [7, 11) is 0. The van der Waals surface area contributed by atoms with Crippen molar-refractivity contribution in [1.82, 2.24) is 9.88 Å². The highest BCUT2D eigenvalue weighted by Gasteiger charge is 2.25. The Morgan fingerprint density at radius 1 is 1.10 bits per heavy atom. The first-order valence-corrected chi connectivity index (χ1v) is 10.5. The zero-order valence-electron chi connectivity index (χ0n) is 16.7. The molecule has 0 bridgehead atoms. The minimum absolute atomic E-state index is 0.183. The van der Waals surface area contributed by atoms with Crippen molar-refractivity contribution < 1.29 is 9.18 Å². The Bertz CT molecular complexity index is 1210. The fourth-order valence-electron chi connectivity index (χ4n) is 3.40. The van der Waals surface area contributed by atoms with E-state index in [2.05, 4.69) is 10.3 Å². The topological polar surface area (TPSA) is 46.4 Å². The van der Waals surface area contributed by atoms with E-state index < -0.39 is 0 Å². The van der Waals surface area contributed by atoms with Crippen molar-refractivity contribution in [2.45, 2.75) is 20.8 Å². The molecule has 1 N–H and O–H groups in total. The van der Waals surface area contributed by atoms with Gasteiger partial charge in [-0.15, -0.1) is 0 Å². The van der Waals surface area contributed by atoms with Crippen molar-refractivity contribution in [2.24, 2.45) is 4.99 Å². The summed E-state index contributed by atoms with van der Waals surface area (Å²) >= 11 is 7.30. The molecular formula is C23H19ClFN3OS. The average Bonchev–Trinajstić information content (AvgIpc) is 3.17. The monoisotopic (exact) mass is 439 g/mol. The first-order valence-electron chi connectivity index (χ1n) is 9.32. The number of amides is 1. The lowest BCUT2D eigenvalue weighted by atomic mass is 10.2. The number of rotatable bonds is 3. The number of benzene rings is 2. The molecule has 1 fully saturated rings. The number of aryl methyl sites for hydroxylation is 2. The summed E-state index contributed by atoms with van der Waals surface area (Å²) < 4.78 is 15.3. The Labute approximate surface area is 183 Å². The van der Waals surface area contributed by atoms with Crippen LogP contribution in [0.15, 0.2) is 58.4 Å². The van der Waals surface area contributed by atoms with E-state index in [1.165, 1.54) is 23.9 Å². The van der Waals surface area contributed by atoms with Crippen LogP contribution in [0, 0.1) is 26.6 Å². The highest BCUT2D eigenvalue weighted by atomic mass is 35.5. The van der Waals surface area contributed by atoms with Crippen LogP contribution in [0.1, 0.15) is 22.5 Å². The maximum Gasteiger partial charge on any atom is 0.264 e. The Morgan fingerprint density at radius 3 is 2.53 bits per heavy atom. The molecule has 30 heavy (non-hydrogen) atoms. The number of amidine groups is 1. The third-order valence-electron chi connectivity index (χ3n) is 4.87. The molecule has 1 aliphatic rings. The third kappa shape index (κ3) is 4.06. The van der Waals surface area contributed by atoms with Gasteiger partial charge in [-0.25, -0.2) is 9.38 Å². The van der Waals surface area contributed by atoms with Crippen LogP contribution in [0.5, 0.6) is 0 Å². The zero-order chi connectivity index (χ0) is 21.4. The second-order valence-corrected chi connectivity index (χ2v) is 8.52. The molecule has 1 aliphatic heterocycles. The normalized spacial score (nSPS) is 16.5. The number of carbonyl (C=O) groups excluding carboxylic acids is 1. The number of aliphatic imine (C=N–C) groups is 1. The Hall–Kier alpha value is -2.83. The Kier molecular flexibility index (Phi) is 5.54. The van der Waals surface area contributed by atoms with Crippen LogP contribution < -0.4 is 5.32 Å². The molecule has 2 heterocycles.